The third-order valence-electron chi connectivity index (χ3n) is 3.82. The Kier molecular flexibility index (Phi) is 5.38. The maximum atomic E-state index is 12.3. The molecule has 4 heteroatoms. The molecule has 0 radical (unpaired) electrons. The van der Waals surface area contributed by atoms with E-state index in [0.717, 1.165) is 25.7 Å². The number of carbonyl (C=O) groups is 2. The standard InChI is InChI=1S/C14H23NO3/c1-4-15(12-8-6-5-7-9-12)13(16)10(2)11(3)14(17)18/h12H,4-9H2,1-3H3,(H,17,18). The largest absolute Gasteiger partial charge is 0.478 e. The van der Waals surface area contributed by atoms with E-state index in [4.69, 9.17) is 5.11 Å². The summed E-state index contributed by atoms with van der Waals surface area (Å²) in [5.41, 5.74) is 0.504. The summed E-state index contributed by atoms with van der Waals surface area (Å²) in [6.45, 7) is 5.70. The van der Waals surface area contributed by atoms with E-state index < -0.39 is 5.97 Å². The van der Waals surface area contributed by atoms with Crippen LogP contribution in [0.25, 0.3) is 0 Å². The number of carbonyl (C=O) groups excluding carboxylic acids is 1. The van der Waals surface area contributed by atoms with Crippen LogP contribution in [0.4, 0.5) is 0 Å². The molecule has 0 atom stereocenters. The van der Waals surface area contributed by atoms with E-state index in [2.05, 4.69) is 0 Å². The monoisotopic (exact) mass is 253 g/mol. The van der Waals surface area contributed by atoms with Crippen LogP contribution in [-0.4, -0.2) is 34.5 Å². The minimum absolute atomic E-state index is 0.121. The van der Waals surface area contributed by atoms with Crippen molar-refractivity contribution in [2.45, 2.75) is 58.9 Å². The topological polar surface area (TPSA) is 57.6 Å². The Labute approximate surface area is 109 Å². The van der Waals surface area contributed by atoms with Crippen LogP contribution >= 0.6 is 0 Å². The van der Waals surface area contributed by atoms with Gasteiger partial charge in [-0.1, -0.05) is 19.3 Å². The minimum Gasteiger partial charge on any atom is -0.478 e. The number of amides is 1. The first-order chi connectivity index (χ1) is 8.49. The van der Waals surface area contributed by atoms with Crippen LogP contribution in [0.15, 0.2) is 11.1 Å². The molecule has 4 nitrogen and oxygen atoms in total. The van der Waals surface area contributed by atoms with E-state index in [0.29, 0.717) is 12.1 Å². The van der Waals surface area contributed by atoms with Crippen LogP contribution in [0.3, 0.4) is 0 Å². The first kappa shape index (κ1) is 14.7. The van der Waals surface area contributed by atoms with Crippen LogP contribution in [0.5, 0.6) is 0 Å². The molecule has 0 bridgehead atoms. The zero-order valence-corrected chi connectivity index (χ0v) is 11.5. The molecule has 0 unspecified atom stereocenters. The molecule has 0 spiro atoms. The minimum atomic E-state index is -1.01. The van der Waals surface area contributed by atoms with Gasteiger partial charge in [0.1, 0.15) is 0 Å². The van der Waals surface area contributed by atoms with Gasteiger partial charge < -0.3 is 10.0 Å². The predicted molar refractivity (Wildman–Crippen MR) is 70.3 cm³/mol. The lowest BCUT2D eigenvalue weighted by molar-refractivity contribution is -0.134. The second kappa shape index (κ2) is 6.57. The Balaban J connectivity index is 2.84. The number of carboxylic acid groups (broad SMARTS) is 1. The van der Waals surface area contributed by atoms with Crippen LogP contribution in [0, 0.1) is 0 Å². The first-order valence-corrected chi connectivity index (χ1v) is 6.70. The SMILES string of the molecule is CCN(C(=O)C(C)=C(C)C(=O)O)C1CCCCC1. The van der Waals surface area contributed by atoms with Gasteiger partial charge in [-0.3, -0.25) is 4.79 Å². The Morgan fingerprint density at radius 3 is 2.11 bits per heavy atom. The van der Waals surface area contributed by atoms with Crippen LogP contribution in [0.2, 0.25) is 0 Å². The highest BCUT2D eigenvalue weighted by Gasteiger charge is 2.26. The van der Waals surface area contributed by atoms with Crippen molar-refractivity contribution < 1.29 is 14.7 Å². The van der Waals surface area contributed by atoms with Crippen molar-refractivity contribution in [1.29, 1.82) is 0 Å². The van der Waals surface area contributed by atoms with Gasteiger partial charge in [0.2, 0.25) is 5.91 Å². The molecule has 1 aliphatic rings. The second-order valence-electron chi connectivity index (χ2n) is 4.94. The molecule has 0 heterocycles. The maximum Gasteiger partial charge on any atom is 0.331 e. The zero-order chi connectivity index (χ0) is 13.7. The first-order valence-electron chi connectivity index (χ1n) is 6.70. The number of likely N-dealkylation sites (N-methyl/N-ethyl adjacent to an activating group) is 1. The summed E-state index contributed by atoms with van der Waals surface area (Å²) >= 11 is 0. The van der Waals surface area contributed by atoms with Gasteiger partial charge in [-0.05, 0) is 33.6 Å². The van der Waals surface area contributed by atoms with E-state index in [9.17, 15) is 9.59 Å². The Morgan fingerprint density at radius 1 is 1.11 bits per heavy atom. The molecule has 1 saturated carbocycles. The van der Waals surface area contributed by atoms with Crippen molar-refractivity contribution in [2.75, 3.05) is 6.54 Å². The molecular formula is C14H23NO3. The van der Waals surface area contributed by atoms with E-state index in [-0.39, 0.29) is 17.5 Å². The highest BCUT2D eigenvalue weighted by Crippen LogP contribution is 2.24. The van der Waals surface area contributed by atoms with Crippen molar-refractivity contribution >= 4 is 11.9 Å². The number of hydrogen-bond donors (Lipinski definition) is 1. The summed E-state index contributed by atoms with van der Waals surface area (Å²) in [7, 11) is 0. The third kappa shape index (κ3) is 3.34. The highest BCUT2D eigenvalue weighted by atomic mass is 16.4. The average Bonchev–Trinajstić information content (AvgIpc) is 2.38. The number of aliphatic carboxylic acids is 1. The van der Waals surface area contributed by atoms with E-state index in [1.54, 1.807) is 6.92 Å². The molecule has 1 amide bonds. The molecule has 0 aliphatic heterocycles. The zero-order valence-electron chi connectivity index (χ0n) is 11.5. The van der Waals surface area contributed by atoms with Crippen molar-refractivity contribution in [3.05, 3.63) is 11.1 Å². The summed E-state index contributed by atoms with van der Waals surface area (Å²) in [4.78, 5) is 25.1. The number of carboxylic acids is 1. The number of nitrogens with zero attached hydrogens (tertiary/aromatic N) is 1. The fourth-order valence-corrected chi connectivity index (χ4v) is 2.50. The molecule has 0 saturated heterocycles. The summed E-state index contributed by atoms with van der Waals surface area (Å²) in [5.74, 6) is -1.13. The Bertz CT molecular complexity index is 354. The second-order valence-corrected chi connectivity index (χ2v) is 4.94. The summed E-state index contributed by atoms with van der Waals surface area (Å²) in [6, 6.07) is 0.285. The lowest BCUT2D eigenvalue weighted by atomic mass is 9.93. The molecule has 0 aromatic carbocycles. The lowest BCUT2D eigenvalue weighted by Crippen LogP contribution is -2.42. The van der Waals surface area contributed by atoms with Gasteiger partial charge in [0.05, 0.1) is 0 Å². The normalized spacial score (nSPS) is 18.2. The molecule has 0 aromatic rings. The highest BCUT2D eigenvalue weighted by molar-refractivity contribution is 6.01. The lowest BCUT2D eigenvalue weighted by Gasteiger charge is -2.34. The van der Waals surface area contributed by atoms with Gasteiger partial charge in [-0.2, -0.15) is 0 Å². The van der Waals surface area contributed by atoms with Gasteiger partial charge in [0.15, 0.2) is 0 Å². The van der Waals surface area contributed by atoms with Crippen LogP contribution < -0.4 is 0 Å². The van der Waals surface area contributed by atoms with Gasteiger partial charge in [0, 0.05) is 23.7 Å². The summed E-state index contributed by atoms with van der Waals surface area (Å²) in [6.07, 6.45) is 5.65. The van der Waals surface area contributed by atoms with Crippen LogP contribution in [-0.2, 0) is 9.59 Å². The molecule has 1 fully saturated rings. The fraction of sp³-hybridized carbons (Fsp3) is 0.714. The maximum absolute atomic E-state index is 12.3. The van der Waals surface area contributed by atoms with Crippen molar-refractivity contribution in [2.24, 2.45) is 0 Å². The molecule has 1 N–H and O–H groups in total. The Hall–Kier alpha value is -1.32. The van der Waals surface area contributed by atoms with Gasteiger partial charge in [0.25, 0.3) is 0 Å². The van der Waals surface area contributed by atoms with Crippen molar-refractivity contribution in [1.82, 2.24) is 4.90 Å². The fourth-order valence-electron chi connectivity index (χ4n) is 2.50. The number of hydrogen-bond acceptors (Lipinski definition) is 2. The van der Waals surface area contributed by atoms with Gasteiger partial charge in [-0.25, -0.2) is 4.79 Å². The molecule has 0 aromatic heterocycles. The predicted octanol–water partition coefficient (Wildman–Crippen LogP) is 2.59. The summed E-state index contributed by atoms with van der Waals surface area (Å²) < 4.78 is 0. The van der Waals surface area contributed by atoms with Crippen molar-refractivity contribution in [3.8, 4) is 0 Å². The van der Waals surface area contributed by atoms with Gasteiger partial charge in [-0.15, -0.1) is 0 Å². The smallest absolute Gasteiger partial charge is 0.331 e. The van der Waals surface area contributed by atoms with E-state index in [1.165, 1.54) is 13.3 Å². The Morgan fingerprint density at radius 2 is 1.67 bits per heavy atom. The van der Waals surface area contributed by atoms with E-state index in [1.807, 2.05) is 11.8 Å². The van der Waals surface area contributed by atoms with Crippen molar-refractivity contribution in [3.63, 3.8) is 0 Å². The quantitative estimate of drug-likeness (QED) is 0.783. The molecule has 18 heavy (non-hydrogen) atoms. The molecule has 1 aliphatic carbocycles. The summed E-state index contributed by atoms with van der Waals surface area (Å²) in [5, 5.41) is 8.94. The van der Waals surface area contributed by atoms with Gasteiger partial charge >= 0.3 is 5.97 Å². The average molecular weight is 253 g/mol. The molecule has 1 rings (SSSR count). The molecular weight excluding hydrogens is 230 g/mol. The molecule has 102 valence electrons. The third-order valence-corrected chi connectivity index (χ3v) is 3.82. The number of rotatable bonds is 4. The van der Waals surface area contributed by atoms with Crippen LogP contribution in [0.1, 0.15) is 52.9 Å². The van der Waals surface area contributed by atoms with E-state index >= 15 is 0 Å².